The van der Waals surface area contributed by atoms with Crippen LogP contribution in [0.15, 0.2) is 11.1 Å². The second-order valence-electron chi connectivity index (χ2n) is 15.5. The quantitative estimate of drug-likeness (QED) is 0.173. The number of rotatable bonds is 9. The minimum Gasteiger partial charge on any atom is -0.481 e. The zero-order valence-corrected chi connectivity index (χ0v) is 27.4. The number of Topliss-reactive ketones (excluding diaryl/α,β-unsaturated/α-hetero) is 1. The first kappa shape index (κ1) is 32.7. The van der Waals surface area contributed by atoms with Gasteiger partial charge in [0.15, 0.2) is 0 Å². The Kier molecular flexibility index (Phi) is 8.88. The molecule has 7 nitrogen and oxygen atoms in total. The van der Waals surface area contributed by atoms with Crippen molar-refractivity contribution in [1.82, 2.24) is 0 Å². The maximum Gasteiger partial charge on any atom is 0.317 e. The molecule has 0 bridgehead atoms. The number of carbonyl (C=O) groups excluding carboxylic acids is 3. The van der Waals surface area contributed by atoms with Crippen LogP contribution in [0, 0.1) is 51.2 Å². The zero-order chi connectivity index (χ0) is 31.4. The number of allylic oxidation sites excluding steroid dienone is 2. The molecule has 2 saturated carbocycles. The van der Waals surface area contributed by atoms with Crippen molar-refractivity contribution in [2.24, 2.45) is 51.2 Å². The molecule has 42 heavy (non-hydrogen) atoms. The summed E-state index contributed by atoms with van der Waals surface area (Å²) in [4.78, 5) is 48.8. The third kappa shape index (κ3) is 5.15. The van der Waals surface area contributed by atoms with Gasteiger partial charge in [0.25, 0.3) is 0 Å². The van der Waals surface area contributed by atoms with Gasteiger partial charge < -0.3 is 14.6 Å². The van der Waals surface area contributed by atoms with Gasteiger partial charge >= 0.3 is 17.9 Å². The van der Waals surface area contributed by atoms with Crippen molar-refractivity contribution in [3.05, 3.63) is 11.1 Å². The summed E-state index contributed by atoms with van der Waals surface area (Å²) < 4.78 is 10.6. The fourth-order valence-corrected chi connectivity index (χ4v) is 10.4. The van der Waals surface area contributed by atoms with E-state index in [0.29, 0.717) is 18.3 Å². The molecule has 4 rings (SSSR count). The van der Waals surface area contributed by atoms with E-state index in [1.807, 2.05) is 0 Å². The predicted octanol–water partition coefficient (Wildman–Crippen LogP) is 7.16. The lowest BCUT2D eigenvalue weighted by molar-refractivity contribution is -0.172. The van der Waals surface area contributed by atoms with E-state index in [0.717, 1.165) is 51.4 Å². The minimum absolute atomic E-state index is 0.0503. The molecule has 9 atom stereocenters. The van der Waals surface area contributed by atoms with Crippen molar-refractivity contribution in [1.29, 1.82) is 0 Å². The van der Waals surface area contributed by atoms with Gasteiger partial charge in [0.1, 0.15) is 18.3 Å². The largest absolute Gasteiger partial charge is 0.481 e. The van der Waals surface area contributed by atoms with Crippen molar-refractivity contribution >= 4 is 23.7 Å². The van der Waals surface area contributed by atoms with Gasteiger partial charge in [-0.05, 0) is 85.4 Å². The van der Waals surface area contributed by atoms with E-state index in [9.17, 15) is 24.3 Å². The van der Waals surface area contributed by atoms with Crippen molar-refractivity contribution in [2.75, 3.05) is 7.11 Å². The van der Waals surface area contributed by atoms with Crippen LogP contribution in [-0.4, -0.2) is 42.0 Å². The normalized spacial score (nSPS) is 37.4. The fourth-order valence-electron chi connectivity index (χ4n) is 10.4. The number of ketones is 1. The maximum atomic E-state index is 13.1. The molecule has 9 unspecified atom stereocenters. The number of hydrogen-bond acceptors (Lipinski definition) is 6. The first-order valence-corrected chi connectivity index (χ1v) is 16.2. The molecule has 4 aliphatic carbocycles. The topological polar surface area (TPSA) is 107 Å². The third-order valence-corrected chi connectivity index (χ3v) is 13.4. The van der Waals surface area contributed by atoms with Gasteiger partial charge in [0, 0.05) is 17.8 Å². The number of carboxylic acid groups (broad SMARTS) is 1. The van der Waals surface area contributed by atoms with Crippen LogP contribution in [0.4, 0.5) is 0 Å². The fraction of sp³-hybridized carbons (Fsp3) is 0.829. The lowest BCUT2D eigenvalue weighted by atomic mass is 9.43. The summed E-state index contributed by atoms with van der Waals surface area (Å²) >= 11 is 0. The number of aliphatic carboxylic acids is 1. The van der Waals surface area contributed by atoms with Crippen LogP contribution in [0.2, 0.25) is 0 Å². The van der Waals surface area contributed by atoms with Gasteiger partial charge in [0.2, 0.25) is 0 Å². The molecule has 0 aliphatic heterocycles. The Balaban J connectivity index is 1.55. The molecule has 0 heterocycles. The SMILES string of the molecule is COC(=O)CC(=O)OC1CCC2(C)C3=C(CCC2C1(C)C)C1(C)CCC(C(C)CC(=O)C(C)C(C)C(=O)O)C1(C)CC3. The zero-order valence-electron chi connectivity index (χ0n) is 27.4. The van der Waals surface area contributed by atoms with E-state index >= 15 is 0 Å². The van der Waals surface area contributed by atoms with E-state index in [1.165, 1.54) is 7.11 Å². The number of methoxy groups -OCH3 is 1. The molecule has 0 saturated heterocycles. The molecular formula is C35H54O7. The standard InChI is InChI=1S/C35H54O7/c1-20(18-26(36)21(2)22(3)31(39)40)23-12-16-35(8)25-10-11-27-32(4,5)28(42-30(38)19-29(37)41-9)14-15-33(27,6)24(25)13-17-34(23,35)7/h20-23,27-28H,10-19H2,1-9H3,(H,39,40). The first-order valence-electron chi connectivity index (χ1n) is 16.2. The Morgan fingerprint density at radius 3 is 2.14 bits per heavy atom. The molecule has 7 heteroatoms. The molecule has 0 aromatic rings. The summed E-state index contributed by atoms with van der Waals surface area (Å²) in [6, 6.07) is 0. The van der Waals surface area contributed by atoms with Crippen molar-refractivity contribution in [3.8, 4) is 0 Å². The molecule has 0 aromatic heterocycles. The molecular weight excluding hydrogens is 532 g/mol. The summed E-state index contributed by atoms with van der Waals surface area (Å²) in [6.45, 7) is 17.5. The summed E-state index contributed by atoms with van der Waals surface area (Å²) in [5.74, 6) is -2.01. The van der Waals surface area contributed by atoms with Gasteiger partial charge in [0.05, 0.1) is 13.0 Å². The van der Waals surface area contributed by atoms with Gasteiger partial charge in [-0.25, -0.2) is 0 Å². The molecule has 236 valence electrons. The lowest BCUT2D eigenvalue weighted by Crippen LogP contribution is -2.56. The van der Waals surface area contributed by atoms with Crippen LogP contribution in [-0.2, 0) is 28.7 Å². The minimum atomic E-state index is -0.906. The highest BCUT2D eigenvalue weighted by Gasteiger charge is 2.63. The highest BCUT2D eigenvalue weighted by atomic mass is 16.6. The molecule has 1 N–H and O–H groups in total. The van der Waals surface area contributed by atoms with Gasteiger partial charge in [-0.2, -0.15) is 0 Å². The molecule has 4 aliphatic rings. The van der Waals surface area contributed by atoms with Crippen LogP contribution in [0.5, 0.6) is 0 Å². The monoisotopic (exact) mass is 586 g/mol. The molecule has 0 amide bonds. The number of carboxylic acids is 1. The van der Waals surface area contributed by atoms with E-state index in [2.05, 4.69) is 46.3 Å². The molecule has 2 fully saturated rings. The Morgan fingerprint density at radius 2 is 1.52 bits per heavy atom. The van der Waals surface area contributed by atoms with Gasteiger partial charge in [-0.1, -0.05) is 66.5 Å². The van der Waals surface area contributed by atoms with E-state index in [1.54, 1.807) is 25.0 Å². The van der Waals surface area contributed by atoms with Gasteiger partial charge in [-0.15, -0.1) is 0 Å². The Hall–Kier alpha value is -2.18. The molecule has 0 spiro atoms. The van der Waals surface area contributed by atoms with Crippen molar-refractivity contribution in [2.45, 2.75) is 126 Å². The number of hydrogen-bond donors (Lipinski definition) is 1. The maximum absolute atomic E-state index is 13.1. The van der Waals surface area contributed by atoms with Crippen LogP contribution in [0.1, 0.15) is 120 Å². The van der Waals surface area contributed by atoms with Crippen LogP contribution in [0.3, 0.4) is 0 Å². The van der Waals surface area contributed by atoms with Crippen LogP contribution in [0.25, 0.3) is 0 Å². The van der Waals surface area contributed by atoms with Crippen LogP contribution < -0.4 is 0 Å². The lowest BCUT2D eigenvalue weighted by Gasteiger charge is -2.62. The predicted molar refractivity (Wildman–Crippen MR) is 160 cm³/mol. The van der Waals surface area contributed by atoms with E-state index in [-0.39, 0.29) is 45.9 Å². The average Bonchev–Trinajstić information content (AvgIpc) is 3.20. The summed E-state index contributed by atoms with van der Waals surface area (Å²) in [6.07, 6.45) is 8.15. The van der Waals surface area contributed by atoms with E-state index < -0.39 is 29.7 Å². The smallest absolute Gasteiger partial charge is 0.317 e. The summed E-state index contributed by atoms with van der Waals surface area (Å²) in [7, 11) is 1.28. The van der Waals surface area contributed by atoms with Gasteiger partial charge in [-0.3, -0.25) is 19.2 Å². The second-order valence-corrected chi connectivity index (χ2v) is 15.5. The van der Waals surface area contributed by atoms with Crippen LogP contribution >= 0.6 is 0 Å². The second kappa shape index (κ2) is 11.4. The summed E-state index contributed by atoms with van der Waals surface area (Å²) in [5, 5.41) is 9.42. The van der Waals surface area contributed by atoms with E-state index in [4.69, 9.17) is 4.74 Å². The Morgan fingerprint density at radius 1 is 0.857 bits per heavy atom. The highest BCUT2D eigenvalue weighted by molar-refractivity contribution is 5.91. The molecule has 0 radical (unpaired) electrons. The number of carbonyl (C=O) groups is 4. The third-order valence-electron chi connectivity index (χ3n) is 13.4. The van der Waals surface area contributed by atoms with Crippen molar-refractivity contribution in [3.63, 3.8) is 0 Å². The highest BCUT2D eigenvalue weighted by Crippen LogP contribution is 2.72. The Labute approximate surface area is 252 Å². The number of fused-ring (bicyclic) bond motifs is 4. The Bertz CT molecular complexity index is 1150. The number of esters is 2. The summed E-state index contributed by atoms with van der Waals surface area (Å²) in [5.41, 5.74) is 3.32. The number of ether oxygens (including phenoxy) is 2. The van der Waals surface area contributed by atoms with Crippen molar-refractivity contribution < 1.29 is 33.8 Å². The average molecular weight is 587 g/mol. The first-order chi connectivity index (χ1) is 19.4. The molecule has 0 aromatic carbocycles.